The van der Waals surface area contributed by atoms with Crippen molar-refractivity contribution in [3.63, 3.8) is 0 Å². The molecule has 2 aliphatic heterocycles. The standard InChI is InChI=1S/C8H12N4O5/c13-6(9-10-7(14)15)5-2-1-4-3-11(5)8(16)12(4)17/h4-5,10,17H,1-3H2,(H,9,13)(H,14,15). The van der Waals surface area contributed by atoms with E-state index in [9.17, 15) is 19.6 Å². The maximum Gasteiger partial charge on any atom is 0.423 e. The molecule has 94 valence electrons. The van der Waals surface area contributed by atoms with Crippen LogP contribution in [0.3, 0.4) is 0 Å². The number of carboxylic acid groups (broad SMARTS) is 1. The number of rotatable bonds is 1. The number of hydrazine groups is 1. The van der Waals surface area contributed by atoms with Crippen LogP contribution in [0.4, 0.5) is 9.59 Å². The molecule has 17 heavy (non-hydrogen) atoms. The smallest absolute Gasteiger partial charge is 0.423 e. The zero-order valence-electron chi connectivity index (χ0n) is 8.79. The number of hydrogen-bond acceptors (Lipinski definition) is 4. The Morgan fingerprint density at radius 3 is 2.65 bits per heavy atom. The third-order valence-corrected chi connectivity index (χ3v) is 2.94. The number of carbonyl (C=O) groups excluding carboxylic acids is 2. The van der Waals surface area contributed by atoms with Crippen molar-refractivity contribution in [1.82, 2.24) is 20.8 Å². The highest BCUT2D eigenvalue weighted by Gasteiger charge is 2.46. The lowest BCUT2D eigenvalue weighted by Gasteiger charge is -2.28. The molecule has 0 aromatic rings. The summed E-state index contributed by atoms with van der Waals surface area (Å²) in [6.45, 7) is 0.278. The molecule has 0 aromatic carbocycles. The Hall–Kier alpha value is -2.03. The molecular formula is C8H12N4O5. The van der Waals surface area contributed by atoms with Crippen LogP contribution in [0.15, 0.2) is 0 Å². The summed E-state index contributed by atoms with van der Waals surface area (Å²) in [7, 11) is 0. The summed E-state index contributed by atoms with van der Waals surface area (Å²) < 4.78 is 0. The molecule has 0 saturated carbocycles. The number of amides is 4. The van der Waals surface area contributed by atoms with Gasteiger partial charge in [-0.2, -0.15) is 0 Å². The van der Waals surface area contributed by atoms with Gasteiger partial charge in [0.15, 0.2) is 0 Å². The zero-order valence-corrected chi connectivity index (χ0v) is 8.79. The fourth-order valence-electron chi connectivity index (χ4n) is 2.12. The average molecular weight is 244 g/mol. The fourth-order valence-corrected chi connectivity index (χ4v) is 2.12. The molecule has 2 fully saturated rings. The number of nitrogens with zero attached hydrogens (tertiary/aromatic N) is 2. The first-order valence-electron chi connectivity index (χ1n) is 5.08. The minimum atomic E-state index is -1.39. The van der Waals surface area contributed by atoms with Gasteiger partial charge in [0.05, 0.1) is 6.04 Å². The van der Waals surface area contributed by atoms with Gasteiger partial charge in [0.25, 0.3) is 5.91 Å². The minimum Gasteiger partial charge on any atom is -0.464 e. The van der Waals surface area contributed by atoms with Crippen LogP contribution in [0.25, 0.3) is 0 Å². The fraction of sp³-hybridized carbons (Fsp3) is 0.625. The molecule has 2 unspecified atom stereocenters. The van der Waals surface area contributed by atoms with Crippen LogP contribution in [0.2, 0.25) is 0 Å². The molecule has 4 N–H and O–H groups in total. The molecule has 2 saturated heterocycles. The van der Waals surface area contributed by atoms with E-state index in [1.807, 2.05) is 5.43 Å². The predicted molar refractivity (Wildman–Crippen MR) is 51.8 cm³/mol. The highest BCUT2D eigenvalue weighted by molar-refractivity contribution is 5.89. The Balaban J connectivity index is 2.00. The van der Waals surface area contributed by atoms with Crippen molar-refractivity contribution in [2.75, 3.05) is 6.54 Å². The number of hydrogen-bond donors (Lipinski definition) is 4. The Labute approximate surface area is 95.9 Å². The van der Waals surface area contributed by atoms with Crippen molar-refractivity contribution < 1.29 is 24.7 Å². The van der Waals surface area contributed by atoms with Crippen molar-refractivity contribution in [1.29, 1.82) is 0 Å². The van der Waals surface area contributed by atoms with E-state index in [-0.39, 0.29) is 12.6 Å². The molecule has 9 heteroatoms. The van der Waals surface area contributed by atoms with E-state index in [2.05, 4.69) is 0 Å². The molecule has 2 aliphatic rings. The highest BCUT2D eigenvalue weighted by Crippen LogP contribution is 2.28. The second kappa shape index (κ2) is 4.09. The van der Waals surface area contributed by atoms with Gasteiger partial charge in [-0.05, 0) is 12.8 Å². The van der Waals surface area contributed by atoms with Gasteiger partial charge in [0.1, 0.15) is 6.04 Å². The van der Waals surface area contributed by atoms with Crippen molar-refractivity contribution >= 4 is 18.0 Å². The molecule has 2 heterocycles. The average Bonchev–Trinajstić information content (AvgIpc) is 2.52. The monoisotopic (exact) mass is 244 g/mol. The summed E-state index contributed by atoms with van der Waals surface area (Å²) in [5, 5.41) is 18.3. The number of urea groups is 1. The first-order chi connectivity index (χ1) is 8.00. The highest BCUT2D eigenvalue weighted by atomic mass is 16.5. The third-order valence-electron chi connectivity index (χ3n) is 2.94. The second-order valence-corrected chi connectivity index (χ2v) is 3.95. The summed E-state index contributed by atoms with van der Waals surface area (Å²) in [6.07, 6.45) is -0.492. The van der Waals surface area contributed by atoms with Gasteiger partial charge in [-0.25, -0.2) is 20.1 Å². The Morgan fingerprint density at radius 1 is 1.29 bits per heavy atom. The number of nitrogens with one attached hydrogen (secondary N) is 2. The van der Waals surface area contributed by atoms with Crippen molar-refractivity contribution in [3.8, 4) is 0 Å². The summed E-state index contributed by atoms with van der Waals surface area (Å²) in [4.78, 5) is 34.6. The Kier molecular flexibility index (Phi) is 2.76. The van der Waals surface area contributed by atoms with Crippen LogP contribution in [-0.2, 0) is 4.79 Å². The number of fused-ring (bicyclic) bond motifs is 2. The normalized spacial score (nSPS) is 27.0. The molecule has 0 aromatic heterocycles. The van der Waals surface area contributed by atoms with E-state index in [4.69, 9.17) is 5.11 Å². The van der Waals surface area contributed by atoms with Gasteiger partial charge in [0, 0.05) is 6.54 Å². The van der Waals surface area contributed by atoms with E-state index in [0.29, 0.717) is 17.9 Å². The van der Waals surface area contributed by atoms with Crippen LogP contribution >= 0.6 is 0 Å². The Morgan fingerprint density at radius 2 is 2.00 bits per heavy atom. The van der Waals surface area contributed by atoms with Crippen LogP contribution in [-0.4, -0.2) is 56.9 Å². The topological polar surface area (TPSA) is 122 Å². The summed E-state index contributed by atoms with van der Waals surface area (Å²) in [6, 6.07) is -1.65. The third kappa shape index (κ3) is 1.96. The lowest BCUT2D eigenvalue weighted by Crippen LogP contribution is -2.53. The maximum atomic E-state index is 11.6. The van der Waals surface area contributed by atoms with Gasteiger partial charge in [0.2, 0.25) is 0 Å². The SMILES string of the molecule is O=C(O)NNC(=O)C1CCC2CN1C(=O)N2O. The van der Waals surface area contributed by atoms with Crippen LogP contribution < -0.4 is 10.9 Å². The Bertz CT molecular complexity index is 373. The van der Waals surface area contributed by atoms with Gasteiger partial charge >= 0.3 is 12.1 Å². The first kappa shape index (κ1) is 11.5. The molecule has 2 atom stereocenters. The van der Waals surface area contributed by atoms with Crippen LogP contribution in [0, 0.1) is 0 Å². The van der Waals surface area contributed by atoms with Gasteiger partial charge in [-0.3, -0.25) is 15.4 Å². The zero-order chi connectivity index (χ0) is 12.6. The van der Waals surface area contributed by atoms with E-state index < -0.39 is 24.1 Å². The number of carbonyl (C=O) groups is 3. The van der Waals surface area contributed by atoms with E-state index in [1.165, 1.54) is 4.90 Å². The largest absolute Gasteiger partial charge is 0.464 e. The number of piperidine rings is 1. The molecule has 2 bridgehead atoms. The van der Waals surface area contributed by atoms with Gasteiger partial charge < -0.3 is 10.0 Å². The van der Waals surface area contributed by atoms with E-state index in [0.717, 1.165) is 0 Å². The lowest BCUT2D eigenvalue weighted by atomic mass is 10.0. The summed E-state index contributed by atoms with van der Waals surface area (Å²) in [5.74, 6) is -0.602. The van der Waals surface area contributed by atoms with Crippen molar-refractivity contribution in [2.45, 2.75) is 24.9 Å². The first-order valence-corrected chi connectivity index (χ1v) is 5.08. The van der Waals surface area contributed by atoms with Crippen LogP contribution in [0.5, 0.6) is 0 Å². The lowest BCUT2D eigenvalue weighted by molar-refractivity contribution is -0.126. The van der Waals surface area contributed by atoms with Crippen molar-refractivity contribution in [3.05, 3.63) is 0 Å². The molecule has 0 radical (unpaired) electrons. The second-order valence-electron chi connectivity index (χ2n) is 3.95. The van der Waals surface area contributed by atoms with Gasteiger partial charge in [-0.15, -0.1) is 0 Å². The van der Waals surface area contributed by atoms with Gasteiger partial charge in [-0.1, -0.05) is 0 Å². The molecule has 9 nitrogen and oxygen atoms in total. The van der Waals surface area contributed by atoms with Crippen LogP contribution in [0.1, 0.15) is 12.8 Å². The minimum absolute atomic E-state index is 0.278. The quantitative estimate of drug-likeness (QED) is 0.346. The predicted octanol–water partition coefficient (Wildman–Crippen LogP) is -1.06. The number of hydroxylamine groups is 2. The summed E-state index contributed by atoms with van der Waals surface area (Å²) in [5.41, 5.74) is 3.72. The molecule has 2 rings (SSSR count). The molecular weight excluding hydrogens is 232 g/mol. The maximum absolute atomic E-state index is 11.6. The molecule has 4 amide bonds. The van der Waals surface area contributed by atoms with Crippen molar-refractivity contribution in [2.24, 2.45) is 0 Å². The summed E-state index contributed by atoms with van der Waals surface area (Å²) >= 11 is 0. The molecule has 0 spiro atoms. The van der Waals surface area contributed by atoms with E-state index in [1.54, 1.807) is 5.43 Å². The molecule has 0 aliphatic carbocycles. The van der Waals surface area contributed by atoms with E-state index >= 15 is 0 Å².